The summed E-state index contributed by atoms with van der Waals surface area (Å²) in [5.41, 5.74) is 6.40. The lowest BCUT2D eigenvalue weighted by molar-refractivity contribution is 0.414. The number of allylic oxidation sites excluding steroid dienone is 2. The highest BCUT2D eigenvalue weighted by atomic mass is 35.5. The third-order valence-corrected chi connectivity index (χ3v) is 8.42. The number of aromatic nitrogens is 1. The van der Waals surface area contributed by atoms with Gasteiger partial charge in [-0.15, -0.1) is 0 Å². The van der Waals surface area contributed by atoms with E-state index in [0.29, 0.717) is 14.4 Å². The van der Waals surface area contributed by atoms with Crippen molar-refractivity contribution in [1.82, 2.24) is 4.57 Å². The molecular formula is C32H27ClN2O3S. The van der Waals surface area contributed by atoms with E-state index < -0.39 is 0 Å². The lowest BCUT2D eigenvalue weighted by Gasteiger charge is -2.31. The summed E-state index contributed by atoms with van der Waals surface area (Å²) in [7, 11) is 3.33. The first-order chi connectivity index (χ1) is 19.0. The van der Waals surface area contributed by atoms with Crippen LogP contribution in [0, 0.1) is 0 Å². The van der Waals surface area contributed by atoms with Gasteiger partial charge in [0.25, 0.3) is 5.56 Å². The SMILES string of the molecule is COc1ccc(/C=C2\CCCC3=C2N=c2sc(=Cc4ccc(Cl)cc4)c(=O)n2[C@H]3c2ccc(OC)cc2)cc1. The van der Waals surface area contributed by atoms with E-state index in [1.54, 1.807) is 14.2 Å². The highest BCUT2D eigenvalue weighted by Gasteiger charge is 2.32. The summed E-state index contributed by atoms with van der Waals surface area (Å²) in [5, 5.41) is 0.664. The molecule has 0 amide bonds. The van der Waals surface area contributed by atoms with Crippen molar-refractivity contribution in [3.63, 3.8) is 0 Å². The average Bonchev–Trinajstić information content (AvgIpc) is 3.28. The van der Waals surface area contributed by atoms with Crippen molar-refractivity contribution in [3.05, 3.63) is 131 Å². The molecule has 3 aromatic carbocycles. The Morgan fingerprint density at radius 1 is 0.872 bits per heavy atom. The molecule has 2 aliphatic rings. The summed E-state index contributed by atoms with van der Waals surface area (Å²) >= 11 is 7.50. The average molecular weight is 555 g/mol. The molecular weight excluding hydrogens is 528 g/mol. The number of hydrogen-bond acceptors (Lipinski definition) is 5. The fourth-order valence-corrected chi connectivity index (χ4v) is 6.38. The van der Waals surface area contributed by atoms with Gasteiger partial charge in [0.05, 0.1) is 30.5 Å². The highest BCUT2D eigenvalue weighted by molar-refractivity contribution is 7.07. The summed E-state index contributed by atoms with van der Waals surface area (Å²) in [5.74, 6) is 1.61. The number of halogens is 1. The van der Waals surface area contributed by atoms with Crippen LogP contribution in [0.3, 0.4) is 0 Å². The van der Waals surface area contributed by atoms with E-state index in [9.17, 15) is 4.79 Å². The Kier molecular flexibility index (Phi) is 6.98. The van der Waals surface area contributed by atoms with Crippen LogP contribution >= 0.6 is 22.9 Å². The second-order valence-electron chi connectivity index (χ2n) is 9.58. The molecule has 1 aromatic heterocycles. The Hall–Kier alpha value is -3.87. The molecule has 0 fully saturated rings. The van der Waals surface area contributed by atoms with Gasteiger partial charge in [-0.3, -0.25) is 9.36 Å². The first-order valence-electron chi connectivity index (χ1n) is 12.8. The van der Waals surface area contributed by atoms with Crippen LogP contribution in [0.5, 0.6) is 11.5 Å². The second-order valence-corrected chi connectivity index (χ2v) is 11.0. The Morgan fingerprint density at radius 3 is 2.15 bits per heavy atom. The molecule has 0 bridgehead atoms. The van der Waals surface area contributed by atoms with Gasteiger partial charge in [-0.05, 0) is 95.6 Å². The predicted molar refractivity (Wildman–Crippen MR) is 157 cm³/mol. The third-order valence-electron chi connectivity index (χ3n) is 7.19. The van der Waals surface area contributed by atoms with Crippen molar-refractivity contribution in [2.45, 2.75) is 25.3 Å². The molecule has 7 heteroatoms. The van der Waals surface area contributed by atoms with Gasteiger partial charge in [0, 0.05) is 5.02 Å². The van der Waals surface area contributed by atoms with Gasteiger partial charge in [-0.1, -0.05) is 59.3 Å². The van der Waals surface area contributed by atoms with Crippen LogP contribution in [0.15, 0.2) is 99.4 Å². The van der Waals surface area contributed by atoms with E-state index in [2.05, 4.69) is 30.3 Å². The molecule has 0 saturated carbocycles. The first-order valence-corrected chi connectivity index (χ1v) is 14.0. The molecule has 0 unspecified atom stereocenters. The molecule has 0 radical (unpaired) electrons. The van der Waals surface area contributed by atoms with Crippen molar-refractivity contribution < 1.29 is 9.47 Å². The van der Waals surface area contributed by atoms with Gasteiger partial charge in [0.2, 0.25) is 0 Å². The maximum absolute atomic E-state index is 13.9. The summed E-state index contributed by atoms with van der Waals surface area (Å²) < 4.78 is 13.2. The zero-order valence-corrected chi connectivity index (χ0v) is 23.3. The van der Waals surface area contributed by atoms with Crippen molar-refractivity contribution in [1.29, 1.82) is 0 Å². The number of fused-ring (bicyclic) bond motifs is 1. The highest BCUT2D eigenvalue weighted by Crippen LogP contribution is 2.41. The van der Waals surface area contributed by atoms with Crippen molar-refractivity contribution in [2.24, 2.45) is 4.99 Å². The minimum Gasteiger partial charge on any atom is -0.497 e. The molecule has 0 saturated heterocycles. The predicted octanol–water partition coefficient (Wildman–Crippen LogP) is 6.15. The van der Waals surface area contributed by atoms with Gasteiger partial charge >= 0.3 is 0 Å². The fraction of sp³-hybridized carbons (Fsp3) is 0.188. The standard InChI is InChI=1S/C32H27ClN2O3S/c1-37-25-14-8-20(9-15-25)18-23-4-3-5-27-29(23)34-32-35(30(27)22-10-16-26(38-2)17-11-22)31(36)28(39-32)19-21-6-12-24(33)13-7-21/h6-19,30H,3-5H2,1-2H3/b23-18+,28-19?/t30-/m0/s1. The van der Waals surface area contributed by atoms with E-state index in [1.165, 1.54) is 22.5 Å². The van der Waals surface area contributed by atoms with E-state index in [0.717, 1.165) is 53.1 Å². The number of thiazole rings is 1. The quantitative estimate of drug-likeness (QED) is 0.297. The molecule has 1 aliphatic heterocycles. The molecule has 1 atom stereocenters. The maximum atomic E-state index is 13.9. The molecule has 0 N–H and O–H groups in total. The first kappa shape index (κ1) is 25.4. The number of ether oxygens (including phenoxy) is 2. The minimum atomic E-state index is -0.228. The Labute approximate surface area is 235 Å². The third kappa shape index (κ3) is 4.98. The molecule has 1 aliphatic carbocycles. The Bertz CT molecular complexity index is 1760. The van der Waals surface area contributed by atoms with Gasteiger partial charge in [-0.25, -0.2) is 4.99 Å². The molecule has 39 heavy (non-hydrogen) atoms. The summed E-state index contributed by atoms with van der Waals surface area (Å²) in [6, 6.07) is 23.4. The topological polar surface area (TPSA) is 52.8 Å². The van der Waals surface area contributed by atoms with E-state index in [-0.39, 0.29) is 11.6 Å². The number of hydrogen-bond donors (Lipinski definition) is 0. The monoisotopic (exact) mass is 554 g/mol. The van der Waals surface area contributed by atoms with E-state index in [4.69, 9.17) is 26.1 Å². The van der Waals surface area contributed by atoms with Crippen LogP contribution < -0.4 is 24.4 Å². The normalized spacial score (nSPS) is 18.0. The summed E-state index contributed by atoms with van der Waals surface area (Å²) in [4.78, 5) is 19.7. The number of rotatable bonds is 5. The lowest BCUT2D eigenvalue weighted by Crippen LogP contribution is -2.39. The summed E-state index contributed by atoms with van der Waals surface area (Å²) in [6.45, 7) is 0. The van der Waals surface area contributed by atoms with Crippen LogP contribution in [0.1, 0.15) is 42.0 Å². The zero-order valence-electron chi connectivity index (χ0n) is 21.7. The summed E-state index contributed by atoms with van der Waals surface area (Å²) in [6.07, 6.45) is 6.95. The zero-order chi connectivity index (χ0) is 26.9. The van der Waals surface area contributed by atoms with Crippen LogP contribution in [0.2, 0.25) is 5.02 Å². The van der Waals surface area contributed by atoms with Gasteiger partial charge in [0.1, 0.15) is 11.5 Å². The van der Waals surface area contributed by atoms with E-state index in [1.807, 2.05) is 59.2 Å². The van der Waals surface area contributed by atoms with Crippen molar-refractivity contribution in [2.75, 3.05) is 14.2 Å². The van der Waals surface area contributed by atoms with Crippen LogP contribution in [0.25, 0.3) is 12.2 Å². The van der Waals surface area contributed by atoms with Gasteiger partial charge < -0.3 is 9.47 Å². The molecule has 5 nitrogen and oxygen atoms in total. The Morgan fingerprint density at radius 2 is 1.49 bits per heavy atom. The van der Waals surface area contributed by atoms with Gasteiger partial charge in [0.15, 0.2) is 4.80 Å². The maximum Gasteiger partial charge on any atom is 0.271 e. The molecule has 4 aromatic rings. The largest absolute Gasteiger partial charge is 0.497 e. The van der Waals surface area contributed by atoms with E-state index >= 15 is 0 Å². The van der Waals surface area contributed by atoms with Gasteiger partial charge in [-0.2, -0.15) is 0 Å². The smallest absolute Gasteiger partial charge is 0.271 e. The molecule has 0 spiro atoms. The second kappa shape index (κ2) is 10.7. The van der Waals surface area contributed by atoms with Crippen LogP contribution in [-0.4, -0.2) is 18.8 Å². The van der Waals surface area contributed by atoms with Crippen LogP contribution in [-0.2, 0) is 0 Å². The number of benzene rings is 3. The molecule has 6 rings (SSSR count). The Balaban J connectivity index is 1.54. The lowest BCUT2D eigenvalue weighted by atomic mass is 9.84. The molecule has 196 valence electrons. The molecule has 2 heterocycles. The van der Waals surface area contributed by atoms with Crippen molar-refractivity contribution >= 4 is 35.1 Å². The number of nitrogens with zero attached hydrogens (tertiary/aromatic N) is 2. The fourth-order valence-electron chi connectivity index (χ4n) is 5.25. The van der Waals surface area contributed by atoms with Crippen molar-refractivity contribution in [3.8, 4) is 11.5 Å². The van der Waals surface area contributed by atoms with Crippen LogP contribution in [0.4, 0.5) is 0 Å². The number of methoxy groups -OCH3 is 2. The minimum absolute atomic E-state index is 0.0349.